The van der Waals surface area contributed by atoms with Crippen molar-refractivity contribution in [3.8, 4) is 11.1 Å². The molecule has 0 aliphatic heterocycles. The molecule has 0 bridgehead atoms. The van der Waals surface area contributed by atoms with E-state index in [1.165, 1.54) is 0 Å². The van der Waals surface area contributed by atoms with Crippen LogP contribution in [-0.2, 0) is 14.3 Å². The zero-order valence-electron chi connectivity index (χ0n) is 17.1. The van der Waals surface area contributed by atoms with E-state index in [0.717, 1.165) is 22.3 Å². The van der Waals surface area contributed by atoms with E-state index in [9.17, 15) is 14.4 Å². The van der Waals surface area contributed by atoms with Crippen molar-refractivity contribution in [2.24, 2.45) is 0 Å². The van der Waals surface area contributed by atoms with E-state index in [2.05, 4.69) is 22.8 Å². The summed E-state index contributed by atoms with van der Waals surface area (Å²) < 4.78 is 5.39. The molecule has 3 N–H and O–H groups in total. The molecule has 0 spiro atoms. The third kappa shape index (κ3) is 5.17. The van der Waals surface area contributed by atoms with Crippen LogP contribution in [0, 0.1) is 0 Å². The molecule has 0 atom stereocenters. The standard InChI is InChI=1S/C23H26N2O5/c1-23(2,12-11-21(27)28)25-20(26)13-24-22(29)30-14-19-17-9-5-3-7-15(17)16-8-4-6-10-18(16)19/h3-10,19H,11-14H2,1-2H3,(H,24,29)(H,25,26)(H,27,28). The van der Waals surface area contributed by atoms with E-state index in [1.54, 1.807) is 13.8 Å². The number of alkyl carbamates (subject to hydrolysis) is 1. The van der Waals surface area contributed by atoms with E-state index >= 15 is 0 Å². The Morgan fingerprint density at radius 2 is 1.57 bits per heavy atom. The first-order valence-electron chi connectivity index (χ1n) is 9.88. The number of carbonyl (C=O) groups is 3. The highest BCUT2D eigenvalue weighted by Gasteiger charge is 2.29. The number of fused-ring (bicyclic) bond motifs is 3. The van der Waals surface area contributed by atoms with Crippen LogP contribution in [0.2, 0.25) is 0 Å². The zero-order valence-corrected chi connectivity index (χ0v) is 17.1. The molecule has 2 aromatic carbocycles. The molecule has 0 radical (unpaired) electrons. The summed E-state index contributed by atoms with van der Waals surface area (Å²) in [5.74, 6) is -1.38. The molecular formula is C23H26N2O5. The number of nitrogens with one attached hydrogen (secondary N) is 2. The van der Waals surface area contributed by atoms with Crippen LogP contribution in [0.1, 0.15) is 43.7 Å². The summed E-state index contributed by atoms with van der Waals surface area (Å²) in [6.07, 6.45) is -0.429. The normalized spacial score (nSPS) is 12.6. The molecule has 0 unspecified atom stereocenters. The number of ether oxygens (including phenoxy) is 1. The van der Waals surface area contributed by atoms with Gasteiger partial charge in [0.25, 0.3) is 0 Å². The highest BCUT2D eigenvalue weighted by atomic mass is 16.5. The van der Waals surface area contributed by atoms with Gasteiger partial charge in [0.15, 0.2) is 0 Å². The molecule has 0 saturated carbocycles. The topological polar surface area (TPSA) is 105 Å². The van der Waals surface area contributed by atoms with Crippen molar-refractivity contribution in [1.29, 1.82) is 0 Å². The van der Waals surface area contributed by atoms with Gasteiger partial charge in [-0.3, -0.25) is 9.59 Å². The van der Waals surface area contributed by atoms with Crippen molar-refractivity contribution in [1.82, 2.24) is 10.6 Å². The highest BCUT2D eigenvalue weighted by molar-refractivity contribution is 5.83. The molecule has 0 heterocycles. The first kappa shape index (κ1) is 21.4. The molecule has 7 nitrogen and oxygen atoms in total. The van der Waals surface area contributed by atoms with Crippen molar-refractivity contribution in [3.05, 3.63) is 59.7 Å². The second-order valence-corrected chi connectivity index (χ2v) is 8.00. The van der Waals surface area contributed by atoms with Gasteiger partial charge >= 0.3 is 12.1 Å². The number of carboxylic acid groups (broad SMARTS) is 1. The number of amides is 2. The van der Waals surface area contributed by atoms with Crippen LogP contribution in [0.15, 0.2) is 48.5 Å². The molecule has 3 rings (SSSR count). The summed E-state index contributed by atoms with van der Waals surface area (Å²) in [6, 6.07) is 16.1. The lowest BCUT2D eigenvalue weighted by Gasteiger charge is -2.25. The molecule has 2 aromatic rings. The minimum atomic E-state index is -0.922. The monoisotopic (exact) mass is 410 g/mol. The van der Waals surface area contributed by atoms with E-state index in [-0.39, 0.29) is 25.5 Å². The molecular weight excluding hydrogens is 384 g/mol. The maximum absolute atomic E-state index is 12.1. The number of hydrogen-bond donors (Lipinski definition) is 3. The zero-order chi connectivity index (χ0) is 21.7. The molecule has 7 heteroatoms. The second kappa shape index (κ2) is 8.98. The molecule has 158 valence electrons. The van der Waals surface area contributed by atoms with Gasteiger partial charge in [0.1, 0.15) is 13.2 Å². The fourth-order valence-electron chi connectivity index (χ4n) is 3.71. The van der Waals surface area contributed by atoms with Crippen molar-refractivity contribution >= 4 is 18.0 Å². The van der Waals surface area contributed by atoms with Crippen LogP contribution >= 0.6 is 0 Å². The SMILES string of the molecule is CC(C)(CCC(=O)O)NC(=O)CNC(=O)OCC1c2ccccc2-c2ccccc21. The van der Waals surface area contributed by atoms with Crippen molar-refractivity contribution < 1.29 is 24.2 Å². The van der Waals surface area contributed by atoms with Crippen LogP contribution in [0.5, 0.6) is 0 Å². The Labute approximate surface area is 175 Å². The first-order chi connectivity index (χ1) is 14.3. The maximum atomic E-state index is 12.1. The number of rotatable bonds is 8. The highest BCUT2D eigenvalue weighted by Crippen LogP contribution is 2.44. The number of carbonyl (C=O) groups excluding carboxylic acids is 2. The van der Waals surface area contributed by atoms with E-state index in [4.69, 9.17) is 9.84 Å². The van der Waals surface area contributed by atoms with E-state index in [0.29, 0.717) is 6.42 Å². The Bertz CT molecular complexity index is 909. The summed E-state index contributed by atoms with van der Waals surface area (Å²) in [6.45, 7) is 3.40. The Balaban J connectivity index is 1.51. The quantitative estimate of drug-likeness (QED) is 0.619. The van der Waals surface area contributed by atoms with Crippen LogP contribution in [0.3, 0.4) is 0 Å². The van der Waals surface area contributed by atoms with Gasteiger partial charge in [-0.1, -0.05) is 48.5 Å². The predicted octanol–water partition coefficient (Wildman–Crippen LogP) is 3.28. The summed E-state index contributed by atoms with van der Waals surface area (Å²) in [4.78, 5) is 34.9. The summed E-state index contributed by atoms with van der Waals surface area (Å²) in [5.41, 5.74) is 3.84. The third-order valence-electron chi connectivity index (χ3n) is 5.18. The minimum Gasteiger partial charge on any atom is -0.481 e. The van der Waals surface area contributed by atoms with Crippen LogP contribution in [-0.4, -0.2) is 41.8 Å². The smallest absolute Gasteiger partial charge is 0.407 e. The molecule has 0 saturated heterocycles. The van der Waals surface area contributed by atoms with Crippen molar-refractivity contribution in [3.63, 3.8) is 0 Å². The van der Waals surface area contributed by atoms with Crippen LogP contribution in [0.25, 0.3) is 11.1 Å². The van der Waals surface area contributed by atoms with Gasteiger partial charge < -0.3 is 20.5 Å². The molecule has 1 aliphatic carbocycles. The lowest BCUT2D eigenvalue weighted by atomic mass is 9.98. The summed E-state index contributed by atoms with van der Waals surface area (Å²) >= 11 is 0. The van der Waals surface area contributed by atoms with E-state index < -0.39 is 23.5 Å². The molecule has 0 aromatic heterocycles. The average molecular weight is 410 g/mol. The Kier molecular flexibility index (Phi) is 6.40. The van der Waals surface area contributed by atoms with Gasteiger partial charge in [-0.25, -0.2) is 4.79 Å². The van der Waals surface area contributed by atoms with Gasteiger partial charge in [-0.2, -0.15) is 0 Å². The predicted molar refractivity (Wildman–Crippen MR) is 112 cm³/mol. The summed E-state index contributed by atoms with van der Waals surface area (Å²) in [5, 5.41) is 13.9. The fraction of sp³-hybridized carbons (Fsp3) is 0.348. The molecule has 1 aliphatic rings. The van der Waals surface area contributed by atoms with Crippen molar-refractivity contribution in [2.45, 2.75) is 38.1 Å². The second-order valence-electron chi connectivity index (χ2n) is 8.00. The van der Waals surface area contributed by atoms with Gasteiger partial charge in [0.2, 0.25) is 5.91 Å². The Hall–Kier alpha value is -3.35. The van der Waals surface area contributed by atoms with Gasteiger partial charge in [-0.05, 0) is 42.5 Å². The Morgan fingerprint density at radius 1 is 1.00 bits per heavy atom. The number of aliphatic carboxylic acids is 1. The largest absolute Gasteiger partial charge is 0.481 e. The van der Waals surface area contributed by atoms with Gasteiger partial charge in [0, 0.05) is 17.9 Å². The lowest BCUT2D eigenvalue weighted by molar-refractivity contribution is -0.137. The molecule has 2 amide bonds. The third-order valence-corrected chi connectivity index (χ3v) is 5.18. The maximum Gasteiger partial charge on any atom is 0.407 e. The first-order valence-corrected chi connectivity index (χ1v) is 9.88. The Morgan fingerprint density at radius 3 is 2.13 bits per heavy atom. The fourth-order valence-corrected chi connectivity index (χ4v) is 3.71. The van der Waals surface area contributed by atoms with E-state index in [1.807, 2.05) is 36.4 Å². The molecule has 0 fully saturated rings. The van der Waals surface area contributed by atoms with Crippen LogP contribution < -0.4 is 10.6 Å². The number of benzene rings is 2. The number of carboxylic acids is 1. The van der Waals surface area contributed by atoms with Gasteiger partial charge in [0.05, 0.1) is 0 Å². The average Bonchev–Trinajstić information content (AvgIpc) is 3.03. The van der Waals surface area contributed by atoms with Crippen molar-refractivity contribution in [2.75, 3.05) is 13.2 Å². The number of hydrogen-bond acceptors (Lipinski definition) is 4. The molecule has 30 heavy (non-hydrogen) atoms. The lowest BCUT2D eigenvalue weighted by Crippen LogP contribution is -2.48. The minimum absolute atomic E-state index is 0.0485. The van der Waals surface area contributed by atoms with Crippen LogP contribution in [0.4, 0.5) is 4.79 Å². The van der Waals surface area contributed by atoms with Gasteiger partial charge in [-0.15, -0.1) is 0 Å². The summed E-state index contributed by atoms with van der Waals surface area (Å²) in [7, 11) is 0.